The highest BCUT2D eigenvalue weighted by atomic mass is 79.9. The number of carbonyl (C=O) groups excluding carboxylic acids is 1. The van der Waals surface area contributed by atoms with Crippen LogP contribution in [0.2, 0.25) is 0 Å². The summed E-state index contributed by atoms with van der Waals surface area (Å²) < 4.78 is 7.29. The molecule has 0 aliphatic heterocycles. The van der Waals surface area contributed by atoms with Crippen molar-refractivity contribution in [3.63, 3.8) is 0 Å². The van der Waals surface area contributed by atoms with Crippen molar-refractivity contribution in [1.29, 1.82) is 0 Å². The number of imidazole rings is 1. The smallest absolute Gasteiger partial charge is 0.359 e. The fourth-order valence-corrected chi connectivity index (χ4v) is 2.35. The van der Waals surface area contributed by atoms with E-state index in [1.54, 1.807) is 11.3 Å². The molecule has 0 saturated carbocycles. The van der Waals surface area contributed by atoms with Crippen LogP contribution in [0.1, 0.15) is 28.8 Å². The number of halogens is 1. The van der Waals surface area contributed by atoms with Crippen molar-refractivity contribution in [2.24, 2.45) is 0 Å². The van der Waals surface area contributed by atoms with Crippen molar-refractivity contribution < 1.29 is 9.53 Å². The van der Waals surface area contributed by atoms with Crippen LogP contribution in [0.4, 0.5) is 0 Å². The van der Waals surface area contributed by atoms with Gasteiger partial charge in [0.1, 0.15) is 4.60 Å². The molecule has 0 bridgehead atoms. The quantitative estimate of drug-likeness (QED) is 0.798. The maximum atomic E-state index is 11.7. The van der Waals surface area contributed by atoms with Crippen LogP contribution in [0, 0.1) is 13.8 Å². The van der Waals surface area contributed by atoms with E-state index in [9.17, 15) is 4.79 Å². The third-order valence-electron chi connectivity index (χ3n) is 2.32. The summed E-state index contributed by atoms with van der Waals surface area (Å²) >= 11 is 3.36. The summed E-state index contributed by atoms with van der Waals surface area (Å²) in [5.41, 5.74) is 2.08. The molecule has 0 radical (unpaired) electrons. The molecule has 0 amide bonds. The molecule has 2 heterocycles. The van der Waals surface area contributed by atoms with Crippen molar-refractivity contribution in [3.8, 4) is 0 Å². The van der Waals surface area contributed by atoms with Crippen LogP contribution < -0.4 is 0 Å². The first-order valence-electron chi connectivity index (χ1n) is 5.24. The molecule has 0 unspecified atom stereocenters. The number of ether oxygens (including phenoxy) is 1. The predicted molar refractivity (Wildman–Crippen MR) is 66.1 cm³/mol. The van der Waals surface area contributed by atoms with Crippen LogP contribution >= 0.6 is 15.9 Å². The fraction of sp³-hybridized carbons (Fsp3) is 0.364. The van der Waals surface area contributed by atoms with Gasteiger partial charge in [-0.15, -0.1) is 0 Å². The predicted octanol–water partition coefficient (Wildman–Crippen LogP) is 2.29. The summed E-state index contributed by atoms with van der Waals surface area (Å²) in [6.07, 6.45) is 0. The molecule has 17 heavy (non-hydrogen) atoms. The Balaban J connectivity index is 2.64. The van der Waals surface area contributed by atoms with Crippen LogP contribution in [-0.4, -0.2) is 26.9 Å². The summed E-state index contributed by atoms with van der Waals surface area (Å²) in [5.74, 6) is 0.0550. The van der Waals surface area contributed by atoms with Crippen LogP contribution in [0.3, 0.4) is 0 Å². The second-order valence-electron chi connectivity index (χ2n) is 3.65. The molecule has 90 valence electrons. The molecule has 0 N–H and O–H groups in total. The van der Waals surface area contributed by atoms with Crippen LogP contribution in [0.25, 0.3) is 5.78 Å². The fourth-order valence-electron chi connectivity index (χ4n) is 1.66. The monoisotopic (exact) mass is 297 g/mol. The van der Waals surface area contributed by atoms with Crippen LogP contribution in [0.5, 0.6) is 0 Å². The number of aryl methyl sites for hydroxylation is 2. The number of nitrogens with zero attached hydrogens (tertiary/aromatic N) is 3. The second-order valence-corrected chi connectivity index (χ2v) is 4.40. The van der Waals surface area contributed by atoms with Crippen LogP contribution in [-0.2, 0) is 4.74 Å². The molecule has 0 atom stereocenters. The maximum Gasteiger partial charge on any atom is 0.359 e. The normalized spacial score (nSPS) is 10.8. The lowest BCUT2D eigenvalue weighted by molar-refractivity contribution is 0.0519. The standard InChI is InChI=1S/C11H12BrN3O2/c1-4-17-10(16)8-9(12)15-7(3)5-6(2)13-11(15)14-8/h5H,4H2,1-3H3. The molecule has 0 fully saturated rings. The van der Waals surface area contributed by atoms with Gasteiger partial charge < -0.3 is 4.74 Å². The number of hydrogen-bond donors (Lipinski definition) is 0. The molecule has 2 aromatic heterocycles. The van der Waals surface area contributed by atoms with Gasteiger partial charge in [0.2, 0.25) is 5.78 Å². The molecular weight excluding hydrogens is 286 g/mol. The Labute approximate surface area is 107 Å². The SMILES string of the molecule is CCOC(=O)c1nc2nc(C)cc(C)n2c1Br. The number of carbonyl (C=O) groups is 1. The summed E-state index contributed by atoms with van der Waals surface area (Å²) in [7, 11) is 0. The highest BCUT2D eigenvalue weighted by Gasteiger charge is 2.19. The first-order chi connectivity index (χ1) is 8.04. The lowest BCUT2D eigenvalue weighted by atomic mass is 10.3. The van der Waals surface area contributed by atoms with E-state index in [0.29, 0.717) is 17.0 Å². The lowest BCUT2D eigenvalue weighted by Gasteiger charge is -2.01. The zero-order valence-electron chi connectivity index (χ0n) is 9.82. The minimum absolute atomic E-state index is 0.257. The summed E-state index contributed by atoms with van der Waals surface area (Å²) in [6, 6.07) is 1.92. The lowest BCUT2D eigenvalue weighted by Crippen LogP contribution is -2.05. The zero-order valence-corrected chi connectivity index (χ0v) is 11.4. The molecule has 2 aromatic rings. The van der Waals surface area contributed by atoms with Gasteiger partial charge in [0.25, 0.3) is 0 Å². The summed E-state index contributed by atoms with van der Waals surface area (Å²) in [5, 5.41) is 0. The van der Waals surface area contributed by atoms with Crippen LogP contribution in [0.15, 0.2) is 10.7 Å². The Morgan fingerprint density at radius 1 is 1.47 bits per heavy atom. The van der Waals surface area contributed by atoms with Crippen molar-refractivity contribution in [2.45, 2.75) is 20.8 Å². The van der Waals surface area contributed by atoms with Gasteiger partial charge in [-0.1, -0.05) is 0 Å². The van der Waals surface area contributed by atoms with E-state index >= 15 is 0 Å². The molecule has 0 saturated heterocycles. The largest absolute Gasteiger partial charge is 0.461 e. The first-order valence-corrected chi connectivity index (χ1v) is 6.03. The van der Waals surface area contributed by atoms with Gasteiger partial charge in [-0.2, -0.15) is 0 Å². The zero-order chi connectivity index (χ0) is 12.6. The highest BCUT2D eigenvalue weighted by molar-refractivity contribution is 9.10. The minimum Gasteiger partial charge on any atom is -0.461 e. The van der Waals surface area contributed by atoms with E-state index in [1.165, 1.54) is 0 Å². The molecule has 0 aromatic carbocycles. The number of fused-ring (bicyclic) bond motifs is 1. The van der Waals surface area contributed by atoms with Crippen molar-refractivity contribution >= 4 is 27.7 Å². The Bertz CT molecular complexity index is 592. The summed E-state index contributed by atoms with van der Waals surface area (Å²) in [6.45, 7) is 5.91. The van der Waals surface area contributed by atoms with Gasteiger partial charge in [-0.05, 0) is 42.8 Å². The molecule has 2 rings (SSSR count). The van der Waals surface area contributed by atoms with E-state index in [4.69, 9.17) is 4.74 Å². The molecule has 0 spiro atoms. The number of aromatic nitrogens is 3. The van der Waals surface area contributed by atoms with E-state index < -0.39 is 5.97 Å². The Morgan fingerprint density at radius 2 is 2.18 bits per heavy atom. The van der Waals surface area contributed by atoms with Gasteiger partial charge in [0.05, 0.1) is 6.61 Å². The van der Waals surface area contributed by atoms with E-state index in [1.807, 2.05) is 19.9 Å². The molecular formula is C11H12BrN3O2. The van der Waals surface area contributed by atoms with Gasteiger partial charge in [0.15, 0.2) is 5.69 Å². The molecule has 6 heteroatoms. The summed E-state index contributed by atoms with van der Waals surface area (Å²) in [4.78, 5) is 20.1. The Hall–Kier alpha value is -1.43. The minimum atomic E-state index is -0.443. The van der Waals surface area contributed by atoms with Gasteiger partial charge in [-0.25, -0.2) is 14.8 Å². The molecule has 0 aliphatic carbocycles. The van der Waals surface area contributed by atoms with E-state index in [2.05, 4.69) is 25.9 Å². The number of esters is 1. The molecule has 0 aliphatic rings. The highest BCUT2D eigenvalue weighted by Crippen LogP contribution is 2.21. The second kappa shape index (κ2) is 4.44. The van der Waals surface area contributed by atoms with Gasteiger partial charge in [-0.3, -0.25) is 4.40 Å². The topological polar surface area (TPSA) is 56.5 Å². The number of rotatable bonds is 2. The third kappa shape index (κ3) is 2.04. The van der Waals surface area contributed by atoms with Crippen molar-refractivity contribution in [3.05, 3.63) is 27.8 Å². The molecule has 5 nitrogen and oxygen atoms in total. The Morgan fingerprint density at radius 3 is 2.82 bits per heavy atom. The maximum absolute atomic E-state index is 11.7. The third-order valence-corrected chi connectivity index (χ3v) is 3.05. The Kier molecular flexibility index (Phi) is 3.15. The average Bonchev–Trinajstić information content (AvgIpc) is 2.56. The number of hydrogen-bond acceptors (Lipinski definition) is 4. The van der Waals surface area contributed by atoms with E-state index in [-0.39, 0.29) is 5.69 Å². The van der Waals surface area contributed by atoms with Crippen molar-refractivity contribution in [1.82, 2.24) is 14.4 Å². The van der Waals surface area contributed by atoms with Gasteiger partial charge in [0, 0.05) is 11.4 Å². The van der Waals surface area contributed by atoms with E-state index in [0.717, 1.165) is 11.4 Å². The van der Waals surface area contributed by atoms with Crippen molar-refractivity contribution in [2.75, 3.05) is 6.61 Å². The average molecular weight is 298 g/mol. The first kappa shape index (κ1) is 12.0. The van der Waals surface area contributed by atoms with Gasteiger partial charge >= 0.3 is 5.97 Å².